The molecule has 1 atom stereocenters. The van der Waals surface area contributed by atoms with Crippen LogP contribution in [0.3, 0.4) is 0 Å². The lowest BCUT2D eigenvalue weighted by Crippen LogP contribution is -2.48. The molecular weight excluding hydrogens is 402 g/mol. The zero-order valence-electron chi connectivity index (χ0n) is 19.1. The highest BCUT2D eigenvalue weighted by Gasteiger charge is 2.40. The number of likely N-dealkylation sites (tertiary alicyclic amines) is 1. The molecule has 2 aromatic carbocycles. The lowest BCUT2D eigenvalue weighted by atomic mass is 9.97. The quantitative estimate of drug-likeness (QED) is 0.671. The number of esters is 1. The maximum absolute atomic E-state index is 13.5. The number of carbonyl (C=O) groups excluding carboxylic acids is 2. The first kappa shape index (κ1) is 22.1. The number of anilines is 1. The molecule has 2 aromatic rings. The van der Waals surface area contributed by atoms with E-state index in [2.05, 4.69) is 24.8 Å². The molecular formula is C26H31N3O3. The van der Waals surface area contributed by atoms with Gasteiger partial charge in [-0.05, 0) is 62.4 Å². The third kappa shape index (κ3) is 4.54. The first-order valence-electron chi connectivity index (χ1n) is 11.4. The molecule has 2 aliphatic heterocycles. The van der Waals surface area contributed by atoms with Gasteiger partial charge in [0.25, 0.3) is 5.91 Å². The van der Waals surface area contributed by atoms with Crippen molar-refractivity contribution in [3.8, 4) is 0 Å². The van der Waals surface area contributed by atoms with Crippen molar-refractivity contribution in [2.45, 2.75) is 46.1 Å². The van der Waals surface area contributed by atoms with Crippen LogP contribution in [0.4, 0.5) is 5.69 Å². The summed E-state index contributed by atoms with van der Waals surface area (Å²) in [7, 11) is 0. The van der Waals surface area contributed by atoms with E-state index in [1.807, 2.05) is 49.4 Å². The molecule has 1 fully saturated rings. The SMILES string of the molecule is CCOC(=O)C1CCN(C2=NC(Cc3ccccc3)C(=O)N2c2ccc(C)c(C)c2)CC1. The number of hydrogen-bond acceptors (Lipinski definition) is 5. The van der Waals surface area contributed by atoms with Gasteiger partial charge in [-0.2, -0.15) is 0 Å². The molecule has 168 valence electrons. The summed E-state index contributed by atoms with van der Waals surface area (Å²) in [6.45, 7) is 7.72. The van der Waals surface area contributed by atoms with Crippen LogP contribution in [0.5, 0.6) is 0 Å². The van der Waals surface area contributed by atoms with Crippen molar-refractivity contribution in [1.29, 1.82) is 0 Å². The minimum Gasteiger partial charge on any atom is -0.466 e. The minimum absolute atomic E-state index is 0.000350. The number of benzene rings is 2. The highest BCUT2D eigenvalue weighted by molar-refractivity contribution is 6.22. The summed E-state index contributed by atoms with van der Waals surface area (Å²) in [4.78, 5) is 34.5. The van der Waals surface area contributed by atoms with Crippen molar-refractivity contribution in [1.82, 2.24) is 4.90 Å². The van der Waals surface area contributed by atoms with E-state index in [0.29, 0.717) is 44.9 Å². The lowest BCUT2D eigenvalue weighted by Gasteiger charge is -2.35. The summed E-state index contributed by atoms with van der Waals surface area (Å²) in [5.41, 5.74) is 4.27. The molecule has 6 heteroatoms. The predicted molar refractivity (Wildman–Crippen MR) is 126 cm³/mol. The number of nitrogens with zero attached hydrogens (tertiary/aromatic N) is 3. The van der Waals surface area contributed by atoms with E-state index in [1.165, 1.54) is 5.56 Å². The Balaban J connectivity index is 1.59. The number of amides is 1. The number of ether oxygens (including phenoxy) is 1. The van der Waals surface area contributed by atoms with Crippen LogP contribution in [-0.2, 0) is 20.7 Å². The van der Waals surface area contributed by atoms with Crippen LogP contribution in [-0.4, -0.2) is 48.5 Å². The van der Waals surface area contributed by atoms with E-state index in [0.717, 1.165) is 16.8 Å². The van der Waals surface area contributed by atoms with Crippen LogP contribution < -0.4 is 4.90 Å². The van der Waals surface area contributed by atoms with Crippen LogP contribution in [0.1, 0.15) is 36.5 Å². The van der Waals surface area contributed by atoms with Gasteiger partial charge in [-0.3, -0.25) is 9.59 Å². The Hall–Kier alpha value is -3.15. The fraction of sp³-hybridized carbons (Fsp3) is 0.423. The Morgan fingerprint density at radius 1 is 1.06 bits per heavy atom. The molecule has 32 heavy (non-hydrogen) atoms. The molecule has 0 aliphatic carbocycles. The Morgan fingerprint density at radius 2 is 1.78 bits per heavy atom. The highest BCUT2D eigenvalue weighted by Crippen LogP contribution is 2.29. The standard InChI is InChI=1S/C26H31N3O3/c1-4-32-25(31)21-12-14-28(15-13-21)26-27-23(17-20-8-6-5-7-9-20)24(30)29(26)22-11-10-18(2)19(3)16-22/h5-11,16,21,23H,4,12-15,17H2,1-3H3. The third-order valence-electron chi connectivity index (χ3n) is 6.40. The van der Waals surface area contributed by atoms with Gasteiger partial charge in [-0.15, -0.1) is 0 Å². The number of rotatable bonds is 5. The first-order valence-corrected chi connectivity index (χ1v) is 11.4. The van der Waals surface area contributed by atoms with Crippen LogP contribution in [0.15, 0.2) is 53.5 Å². The van der Waals surface area contributed by atoms with Crippen LogP contribution >= 0.6 is 0 Å². The van der Waals surface area contributed by atoms with E-state index in [9.17, 15) is 9.59 Å². The van der Waals surface area contributed by atoms with Gasteiger partial charge in [0.2, 0.25) is 5.96 Å². The Morgan fingerprint density at radius 3 is 2.44 bits per heavy atom. The van der Waals surface area contributed by atoms with Crippen molar-refractivity contribution in [2.24, 2.45) is 10.9 Å². The minimum atomic E-state index is -0.447. The molecule has 1 unspecified atom stereocenters. The fourth-order valence-corrected chi connectivity index (χ4v) is 4.38. The molecule has 6 nitrogen and oxygen atoms in total. The zero-order valence-corrected chi connectivity index (χ0v) is 19.1. The number of aryl methyl sites for hydroxylation is 2. The molecule has 0 spiro atoms. The van der Waals surface area contributed by atoms with Crippen LogP contribution in [0, 0.1) is 19.8 Å². The van der Waals surface area contributed by atoms with Crippen molar-refractivity contribution in [3.05, 3.63) is 65.2 Å². The summed E-state index contributed by atoms with van der Waals surface area (Å²) in [5.74, 6) is 0.491. The van der Waals surface area contributed by atoms with Gasteiger partial charge in [-0.1, -0.05) is 36.4 Å². The largest absolute Gasteiger partial charge is 0.466 e. The normalized spacial score (nSPS) is 19.3. The Kier molecular flexibility index (Phi) is 6.58. The van der Waals surface area contributed by atoms with Gasteiger partial charge in [0.15, 0.2) is 0 Å². The van der Waals surface area contributed by atoms with E-state index >= 15 is 0 Å². The van der Waals surface area contributed by atoms with E-state index in [-0.39, 0.29) is 17.8 Å². The molecule has 4 rings (SSSR count). The number of carbonyl (C=O) groups is 2. The second-order valence-electron chi connectivity index (χ2n) is 8.59. The van der Waals surface area contributed by atoms with Gasteiger partial charge in [-0.25, -0.2) is 9.89 Å². The molecule has 0 radical (unpaired) electrons. The monoisotopic (exact) mass is 433 g/mol. The van der Waals surface area contributed by atoms with Crippen molar-refractivity contribution in [3.63, 3.8) is 0 Å². The van der Waals surface area contributed by atoms with E-state index in [1.54, 1.807) is 4.90 Å². The summed E-state index contributed by atoms with van der Waals surface area (Å²) >= 11 is 0. The molecule has 0 bridgehead atoms. The average Bonchev–Trinajstić information content (AvgIpc) is 3.12. The lowest BCUT2D eigenvalue weighted by molar-refractivity contribution is -0.149. The van der Waals surface area contributed by atoms with Gasteiger partial charge in [0, 0.05) is 19.5 Å². The summed E-state index contributed by atoms with van der Waals surface area (Å²) in [6, 6.07) is 15.7. The number of hydrogen-bond donors (Lipinski definition) is 0. The fourth-order valence-electron chi connectivity index (χ4n) is 4.38. The molecule has 1 saturated heterocycles. The maximum Gasteiger partial charge on any atom is 0.309 e. The second-order valence-corrected chi connectivity index (χ2v) is 8.59. The van der Waals surface area contributed by atoms with Crippen molar-refractivity contribution < 1.29 is 14.3 Å². The van der Waals surface area contributed by atoms with Gasteiger partial charge in [0.05, 0.1) is 18.2 Å². The second kappa shape index (κ2) is 9.55. The molecule has 1 amide bonds. The predicted octanol–water partition coefficient (Wildman–Crippen LogP) is 3.89. The summed E-state index contributed by atoms with van der Waals surface area (Å²) < 4.78 is 5.21. The molecule has 2 heterocycles. The number of guanidine groups is 1. The van der Waals surface area contributed by atoms with Crippen LogP contribution in [0.2, 0.25) is 0 Å². The van der Waals surface area contributed by atoms with E-state index < -0.39 is 6.04 Å². The van der Waals surface area contributed by atoms with Gasteiger partial charge < -0.3 is 9.64 Å². The average molecular weight is 434 g/mol. The third-order valence-corrected chi connectivity index (χ3v) is 6.40. The summed E-state index contributed by atoms with van der Waals surface area (Å²) in [6.07, 6.45) is 1.98. The zero-order chi connectivity index (χ0) is 22.7. The first-order chi connectivity index (χ1) is 15.5. The molecule has 0 N–H and O–H groups in total. The molecule has 0 saturated carbocycles. The Labute approximate surface area is 189 Å². The van der Waals surface area contributed by atoms with Gasteiger partial charge >= 0.3 is 5.97 Å². The highest BCUT2D eigenvalue weighted by atomic mass is 16.5. The number of aliphatic imine (C=N–C) groups is 1. The van der Waals surface area contributed by atoms with Gasteiger partial charge in [0.1, 0.15) is 6.04 Å². The molecule has 2 aliphatic rings. The smallest absolute Gasteiger partial charge is 0.309 e. The van der Waals surface area contributed by atoms with Crippen molar-refractivity contribution in [2.75, 3.05) is 24.6 Å². The Bertz CT molecular complexity index is 1010. The van der Waals surface area contributed by atoms with E-state index in [4.69, 9.17) is 9.73 Å². The number of piperidine rings is 1. The summed E-state index contributed by atoms with van der Waals surface area (Å²) in [5, 5.41) is 0. The van der Waals surface area contributed by atoms with Crippen LogP contribution in [0.25, 0.3) is 0 Å². The maximum atomic E-state index is 13.5. The van der Waals surface area contributed by atoms with Crippen molar-refractivity contribution >= 4 is 23.5 Å². The topological polar surface area (TPSA) is 62.2 Å². The molecule has 0 aromatic heterocycles.